The van der Waals surface area contributed by atoms with Crippen LogP contribution in [0.4, 0.5) is 23.5 Å². The van der Waals surface area contributed by atoms with Crippen molar-refractivity contribution in [2.75, 3.05) is 55.5 Å². The van der Waals surface area contributed by atoms with Crippen LogP contribution in [0.5, 0.6) is 0 Å². The molecule has 3 atom stereocenters. The Morgan fingerprint density at radius 3 is 2.39 bits per heavy atom. The number of carbonyl (C=O) groups excluding carboxylic acids is 1. The zero-order chi connectivity index (χ0) is 26.7. The third kappa shape index (κ3) is 8.78. The second kappa shape index (κ2) is 14.2. The monoisotopic (exact) mass is 526 g/mol. The number of nitrogens with one attached hydrogen (secondary N) is 4. The van der Waals surface area contributed by atoms with Crippen LogP contribution in [0, 0.1) is 11.8 Å². The lowest BCUT2D eigenvalue weighted by molar-refractivity contribution is -0.120. The Hall–Kier alpha value is -3.02. The molecule has 1 aromatic heterocycles. The molecule has 0 spiro atoms. The van der Waals surface area contributed by atoms with E-state index in [1.165, 1.54) is 25.7 Å². The largest absolute Gasteiger partial charge is 0.378 e. The smallest absolute Gasteiger partial charge is 0.233 e. The molecule has 2 saturated carbocycles. The molecule has 1 heterocycles. The number of aromatic nitrogens is 3. The maximum atomic E-state index is 12.3. The Labute approximate surface area is 225 Å². The number of ether oxygens (including phenoxy) is 2. The van der Waals surface area contributed by atoms with Crippen molar-refractivity contribution in [3.63, 3.8) is 0 Å². The molecule has 208 valence electrons. The SMILES string of the molecule is CC(C)Nc1nc(Nc2ccc(CC(=O)NCCOCCOCCN)cc2)nc(NC2CC3CCC2C3)n1. The van der Waals surface area contributed by atoms with Crippen LogP contribution >= 0.6 is 0 Å². The number of anilines is 4. The summed E-state index contributed by atoms with van der Waals surface area (Å²) in [7, 11) is 0. The first-order valence-corrected chi connectivity index (χ1v) is 13.8. The first-order valence-electron chi connectivity index (χ1n) is 13.8. The summed E-state index contributed by atoms with van der Waals surface area (Å²) in [5, 5.41) is 13.0. The van der Waals surface area contributed by atoms with Gasteiger partial charge in [-0.3, -0.25) is 4.79 Å². The van der Waals surface area contributed by atoms with E-state index in [0.29, 0.717) is 75.7 Å². The Morgan fingerprint density at radius 2 is 1.71 bits per heavy atom. The molecule has 38 heavy (non-hydrogen) atoms. The summed E-state index contributed by atoms with van der Waals surface area (Å²) >= 11 is 0. The van der Waals surface area contributed by atoms with E-state index in [2.05, 4.69) is 50.1 Å². The van der Waals surface area contributed by atoms with Gasteiger partial charge in [-0.05, 0) is 62.6 Å². The highest BCUT2D eigenvalue weighted by molar-refractivity contribution is 5.78. The van der Waals surface area contributed by atoms with Crippen LogP contribution in [0.15, 0.2) is 24.3 Å². The zero-order valence-corrected chi connectivity index (χ0v) is 22.5. The van der Waals surface area contributed by atoms with Crippen molar-refractivity contribution in [1.29, 1.82) is 0 Å². The maximum Gasteiger partial charge on any atom is 0.233 e. The molecule has 2 aliphatic rings. The lowest BCUT2D eigenvalue weighted by Crippen LogP contribution is -2.29. The van der Waals surface area contributed by atoms with Gasteiger partial charge >= 0.3 is 0 Å². The Bertz CT molecular complexity index is 1020. The number of nitrogens with zero attached hydrogens (tertiary/aromatic N) is 3. The molecule has 2 aliphatic carbocycles. The van der Waals surface area contributed by atoms with Crippen LogP contribution < -0.4 is 27.0 Å². The first kappa shape index (κ1) is 28.0. The Morgan fingerprint density at radius 1 is 0.974 bits per heavy atom. The fourth-order valence-corrected chi connectivity index (χ4v) is 5.16. The van der Waals surface area contributed by atoms with Crippen molar-refractivity contribution in [2.45, 2.75) is 58.0 Å². The average molecular weight is 527 g/mol. The van der Waals surface area contributed by atoms with Crippen molar-refractivity contribution >= 4 is 29.4 Å². The van der Waals surface area contributed by atoms with E-state index in [0.717, 1.165) is 17.2 Å². The summed E-state index contributed by atoms with van der Waals surface area (Å²) in [4.78, 5) is 26.1. The molecule has 0 radical (unpaired) electrons. The van der Waals surface area contributed by atoms with Crippen LogP contribution in [0.2, 0.25) is 0 Å². The summed E-state index contributed by atoms with van der Waals surface area (Å²) < 4.78 is 10.7. The van der Waals surface area contributed by atoms with Gasteiger partial charge in [-0.1, -0.05) is 18.6 Å². The second-order valence-corrected chi connectivity index (χ2v) is 10.4. The standard InChI is InChI=1S/C27H42N8O3/c1-18(2)30-25-33-26(35-27(34-25)32-23-16-20-3-6-21(23)15-20)31-22-7-4-19(5-8-22)17-24(36)29-10-12-38-14-13-37-11-9-28/h4-5,7-8,18,20-21,23H,3,6,9-17,28H2,1-2H3,(H,29,36)(H3,30,31,32,33,34,35). The number of hydrogen-bond acceptors (Lipinski definition) is 10. The predicted octanol–water partition coefficient (Wildman–Crippen LogP) is 2.69. The van der Waals surface area contributed by atoms with Crippen LogP contribution in [0.25, 0.3) is 0 Å². The minimum atomic E-state index is -0.0492. The molecule has 0 aliphatic heterocycles. The van der Waals surface area contributed by atoms with Gasteiger partial charge in [-0.2, -0.15) is 15.0 Å². The molecule has 2 bridgehead atoms. The highest BCUT2D eigenvalue weighted by Gasteiger charge is 2.39. The molecule has 2 fully saturated rings. The molecular weight excluding hydrogens is 484 g/mol. The summed E-state index contributed by atoms with van der Waals surface area (Å²) in [6.45, 7) is 7.04. The van der Waals surface area contributed by atoms with Crippen molar-refractivity contribution < 1.29 is 14.3 Å². The lowest BCUT2D eigenvalue weighted by Gasteiger charge is -2.23. The Balaban J connectivity index is 1.26. The van der Waals surface area contributed by atoms with Gasteiger partial charge in [0.2, 0.25) is 23.8 Å². The van der Waals surface area contributed by atoms with Gasteiger partial charge in [0.25, 0.3) is 0 Å². The number of rotatable bonds is 16. The lowest BCUT2D eigenvalue weighted by atomic mass is 9.95. The summed E-state index contributed by atoms with van der Waals surface area (Å²) in [5.74, 6) is 3.13. The van der Waals surface area contributed by atoms with E-state index in [9.17, 15) is 4.79 Å². The van der Waals surface area contributed by atoms with Gasteiger partial charge in [0.1, 0.15) is 0 Å². The van der Waals surface area contributed by atoms with E-state index in [1.54, 1.807) is 0 Å². The van der Waals surface area contributed by atoms with Gasteiger partial charge in [0.05, 0.1) is 32.8 Å². The van der Waals surface area contributed by atoms with E-state index in [-0.39, 0.29) is 11.9 Å². The average Bonchev–Trinajstić information content (AvgIpc) is 3.50. The van der Waals surface area contributed by atoms with E-state index < -0.39 is 0 Å². The Kier molecular flexibility index (Phi) is 10.5. The molecule has 4 rings (SSSR count). The molecule has 0 saturated heterocycles. The normalized spacial score (nSPS) is 20.1. The van der Waals surface area contributed by atoms with E-state index >= 15 is 0 Å². The topological polar surface area (TPSA) is 148 Å². The van der Waals surface area contributed by atoms with Crippen LogP contribution in [-0.4, -0.2) is 72.5 Å². The predicted molar refractivity (Wildman–Crippen MR) is 149 cm³/mol. The van der Waals surface area contributed by atoms with Crippen LogP contribution in [0.3, 0.4) is 0 Å². The summed E-state index contributed by atoms with van der Waals surface area (Å²) in [5.41, 5.74) is 7.12. The number of hydrogen-bond donors (Lipinski definition) is 5. The van der Waals surface area contributed by atoms with Gasteiger partial charge in [-0.15, -0.1) is 0 Å². The summed E-state index contributed by atoms with van der Waals surface area (Å²) in [6.07, 6.45) is 5.45. The van der Waals surface area contributed by atoms with Gasteiger partial charge in [-0.25, -0.2) is 0 Å². The molecule has 2 aromatic rings. The zero-order valence-electron chi connectivity index (χ0n) is 22.5. The van der Waals surface area contributed by atoms with Gasteiger partial charge in [0.15, 0.2) is 0 Å². The molecule has 6 N–H and O–H groups in total. The van der Waals surface area contributed by atoms with E-state index in [4.69, 9.17) is 15.2 Å². The minimum Gasteiger partial charge on any atom is -0.378 e. The van der Waals surface area contributed by atoms with Crippen molar-refractivity contribution in [3.05, 3.63) is 29.8 Å². The fourth-order valence-electron chi connectivity index (χ4n) is 5.16. The van der Waals surface area contributed by atoms with E-state index in [1.807, 2.05) is 24.3 Å². The highest BCUT2D eigenvalue weighted by Crippen LogP contribution is 2.45. The third-order valence-electron chi connectivity index (χ3n) is 6.88. The molecule has 1 aromatic carbocycles. The quantitative estimate of drug-likeness (QED) is 0.207. The minimum absolute atomic E-state index is 0.0492. The summed E-state index contributed by atoms with van der Waals surface area (Å²) in [6, 6.07) is 8.34. The van der Waals surface area contributed by atoms with Gasteiger partial charge < -0.3 is 36.5 Å². The highest BCUT2D eigenvalue weighted by atomic mass is 16.5. The molecule has 11 nitrogen and oxygen atoms in total. The number of carbonyl (C=O) groups is 1. The number of fused-ring (bicyclic) bond motifs is 2. The number of nitrogens with two attached hydrogens (primary N) is 1. The van der Waals surface area contributed by atoms with Crippen LogP contribution in [-0.2, 0) is 20.7 Å². The van der Waals surface area contributed by atoms with Crippen molar-refractivity contribution in [2.24, 2.45) is 17.6 Å². The van der Waals surface area contributed by atoms with Crippen molar-refractivity contribution in [1.82, 2.24) is 20.3 Å². The second-order valence-electron chi connectivity index (χ2n) is 10.4. The molecule has 11 heteroatoms. The van der Waals surface area contributed by atoms with Gasteiger partial charge in [0, 0.05) is 30.9 Å². The maximum absolute atomic E-state index is 12.3. The molecular formula is C27H42N8O3. The first-order chi connectivity index (χ1) is 18.5. The number of benzene rings is 1. The third-order valence-corrected chi connectivity index (χ3v) is 6.88. The molecule has 1 amide bonds. The number of amides is 1. The fraction of sp³-hybridized carbons (Fsp3) is 0.630. The molecule has 3 unspecified atom stereocenters. The van der Waals surface area contributed by atoms with Crippen molar-refractivity contribution in [3.8, 4) is 0 Å². The van der Waals surface area contributed by atoms with Crippen LogP contribution in [0.1, 0.15) is 45.1 Å².